The van der Waals surface area contributed by atoms with Gasteiger partial charge in [-0.15, -0.1) is 0 Å². The number of morpholine rings is 1. The van der Waals surface area contributed by atoms with E-state index in [1.54, 1.807) is 24.3 Å². The van der Waals surface area contributed by atoms with Crippen LogP contribution in [-0.2, 0) is 9.53 Å². The average molecular weight is 412 g/mol. The van der Waals surface area contributed by atoms with E-state index < -0.39 is 0 Å². The quantitative estimate of drug-likeness (QED) is 0.660. The van der Waals surface area contributed by atoms with Crippen LogP contribution < -0.4 is 15.4 Å². The van der Waals surface area contributed by atoms with Gasteiger partial charge in [-0.25, -0.2) is 0 Å². The van der Waals surface area contributed by atoms with Crippen LogP contribution in [0.15, 0.2) is 54.6 Å². The number of rotatable bonds is 9. The zero-order chi connectivity index (χ0) is 21.2. The van der Waals surface area contributed by atoms with Crippen LogP contribution in [0.3, 0.4) is 0 Å². The Labute approximate surface area is 177 Å². The van der Waals surface area contributed by atoms with Crippen molar-refractivity contribution in [3.05, 3.63) is 65.7 Å². The number of benzene rings is 2. The lowest BCUT2D eigenvalue weighted by molar-refractivity contribution is -0.121. The molecule has 2 amide bonds. The summed E-state index contributed by atoms with van der Waals surface area (Å²) in [5, 5.41) is 5.74. The summed E-state index contributed by atoms with van der Waals surface area (Å²) in [6.07, 6.45) is 0. The van der Waals surface area contributed by atoms with Crippen molar-refractivity contribution in [1.29, 1.82) is 0 Å². The van der Waals surface area contributed by atoms with Gasteiger partial charge in [-0.3, -0.25) is 14.5 Å². The van der Waals surface area contributed by atoms with Crippen molar-refractivity contribution < 1.29 is 19.1 Å². The summed E-state index contributed by atoms with van der Waals surface area (Å²) in [6.45, 7) is 6.17. The van der Waals surface area contributed by atoms with Gasteiger partial charge in [0.25, 0.3) is 5.91 Å². The van der Waals surface area contributed by atoms with Crippen molar-refractivity contribution in [2.75, 3.05) is 46.0 Å². The van der Waals surface area contributed by atoms with Crippen molar-refractivity contribution in [3.8, 4) is 5.75 Å². The largest absolute Gasteiger partial charge is 0.494 e. The topological polar surface area (TPSA) is 79.9 Å². The van der Waals surface area contributed by atoms with E-state index in [-0.39, 0.29) is 24.4 Å². The third-order valence-corrected chi connectivity index (χ3v) is 4.92. The van der Waals surface area contributed by atoms with Gasteiger partial charge in [0.15, 0.2) is 0 Å². The molecule has 30 heavy (non-hydrogen) atoms. The highest BCUT2D eigenvalue weighted by atomic mass is 16.5. The maximum Gasteiger partial charge on any atom is 0.251 e. The van der Waals surface area contributed by atoms with Crippen LogP contribution in [0.5, 0.6) is 5.75 Å². The first kappa shape index (κ1) is 21.8. The van der Waals surface area contributed by atoms with Gasteiger partial charge in [-0.2, -0.15) is 0 Å². The second-order valence-corrected chi connectivity index (χ2v) is 7.08. The Bertz CT molecular complexity index is 805. The maximum absolute atomic E-state index is 12.6. The monoisotopic (exact) mass is 411 g/mol. The Morgan fingerprint density at radius 3 is 2.43 bits per heavy atom. The minimum absolute atomic E-state index is 0.0848. The van der Waals surface area contributed by atoms with Gasteiger partial charge in [-0.05, 0) is 36.8 Å². The number of carbonyl (C=O) groups is 2. The Morgan fingerprint density at radius 1 is 1.07 bits per heavy atom. The summed E-state index contributed by atoms with van der Waals surface area (Å²) in [5.41, 5.74) is 1.52. The number of carbonyl (C=O) groups excluding carboxylic acids is 2. The highest BCUT2D eigenvalue weighted by molar-refractivity contribution is 5.96. The Morgan fingerprint density at radius 2 is 1.77 bits per heavy atom. The van der Waals surface area contributed by atoms with Crippen LogP contribution in [0.25, 0.3) is 0 Å². The van der Waals surface area contributed by atoms with Crippen LogP contribution in [0.1, 0.15) is 28.9 Å². The molecule has 0 bridgehead atoms. The SMILES string of the molecule is CCOc1ccc(C(=O)NCC(=O)N[C@@H](CN2CCOCC2)c2ccccc2)cc1. The average Bonchev–Trinajstić information content (AvgIpc) is 2.79. The molecular weight excluding hydrogens is 382 g/mol. The second kappa shape index (κ2) is 11.3. The number of nitrogens with zero attached hydrogens (tertiary/aromatic N) is 1. The van der Waals surface area contributed by atoms with Crippen LogP contribution >= 0.6 is 0 Å². The third-order valence-electron chi connectivity index (χ3n) is 4.92. The molecule has 0 spiro atoms. The summed E-state index contributed by atoms with van der Waals surface area (Å²) < 4.78 is 10.8. The first-order valence-corrected chi connectivity index (χ1v) is 10.3. The fourth-order valence-corrected chi connectivity index (χ4v) is 3.34. The molecule has 0 aliphatic carbocycles. The Hall–Kier alpha value is -2.90. The molecule has 1 aliphatic heterocycles. The summed E-state index contributed by atoms with van der Waals surface area (Å²) in [6, 6.07) is 16.6. The van der Waals surface area contributed by atoms with E-state index in [0.717, 1.165) is 18.7 Å². The lowest BCUT2D eigenvalue weighted by Crippen LogP contribution is -2.45. The van der Waals surface area contributed by atoms with E-state index in [9.17, 15) is 9.59 Å². The fraction of sp³-hybridized carbons (Fsp3) is 0.391. The minimum atomic E-state index is -0.294. The van der Waals surface area contributed by atoms with Crippen molar-refractivity contribution in [3.63, 3.8) is 0 Å². The highest BCUT2D eigenvalue weighted by Gasteiger charge is 2.20. The molecule has 3 rings (SSSR count). The van der Waals surface area contributed by atoms with Gasteiger partial charge in [0.05, 0.1) is 32.4 Å². The van der Waals surface area contributed by atoms with E-state index in [2.05, 4.69) is 15.5 Å². The van der Waals surface area contributed by atoms with Crippen molar-refractivity contribution in [1.82, 2.24) is 15.5 Å². The Balaban J connectivity index is 1.55. The molecule has 1 aliphatic rings. The normalized spacial score (nSPS) is 15.2. The molecule has 2 N–H and O–H groups in total. The predicted octanol–water partition coefficient (Wildman–Crippen LogP) is 2.00. The van der Waals surface area contributed by atoms with Crippen molar-refractivity contribution >= 4 is 11.8 Å². The molecule has 0 saturated carbocycles. The van der Waals surface area contributed by atoms with Crippen LogP contribution in [0.4, 0.5) is 0 Å². The van der Waals surface area contributed by atoms with E-state index in [1.807, 2.05) is 37.3 Å². The van der Waals surface area contributed by atoms with E-state index in [0.29, 0.717) is 37.7 Å². The van der Waals surface area contributed by atoms with Crippen LogP contribution in [-0.4, -0.2) is 62.7 Å². The zero-order valence-corrected chi connectivity index (χ0v) is 17.3. The lowest BCUT2D eigenvalue weighted by atomic mass is 10.1. The van der Waals surface area contributed by atoms with E-state index in [1.165, 1.54) is 0 Å². The molecule has 1 atom stereocenters. The maximum atomic E-state index is 12.6. The smallest absolute Gasteiger partial charge is 0.251 e. The molecule has 1 heterocycles. The molecule has 0 radical (unpaired) electrons. The molecule has 160 valence electrons. The van der Waals surface area contributed by atoms with Crippen LogP contribution in [0.2, 0.25) is 0 Å². The highest BCUT2D eigenvalue weighted by Crippen LogP contribution is 2.15. The van der Waals surface area contributed by atoms with Gasteiger partial charge in [0.1, 0.15) is 5.75 Å². The van der Waals surface area contributed by atoms with Gasteiger partial charge < -0.3 is 20.1 Å². The first-order chi connectivity index (χ1) is 14.7. The second-order valence-electron chi connectivity index (χ2n) is 7.08. The summed E-state index contributed by atoms with van der Waals surface area (Å²) in [4.78, 5) is 27.2. The molecule has 2 aromatic carbocycles. The zero-order valence-electron chi connectivity index (χ0n) is 17.3. The molecule has 2 aromatic rings. The number of amides is 2. The molecule has 1 saturated heterocycles. The fourth-order valence-electron chi connectivity index (χ4n) is 3.34. The summed E-state index contributed by atoms with van der Waals surface area (Å²) in [7, 11) is 0. The molecule has 7 heteroatoms. The van der Waals surface area contributed by atoms with Gasteiger partial charge >= 0.3 is 0 Å². The Kier molecular flexibility index (Phi) is 8.23. The van der Waals surface area contributed by atoms with Gasteiger partial charge in [0, 0.05) is 25.2 Å². The number of nitrogens with one attached hydrogen (secondary N) is 2. The number of ether oxygens (including phenoxy) is 2. The van der Waals surface area contributed by atoms with Gasteiger partial charge in [0.2, 0.25) is 5.91 Å². The molecular formula is C23H29N3O4. The van der Waals surface area contributed by atoms with E-state index in [4.69, 9.17) is 9.47 Å². The van der Waals surface area contributed by atoms with Crippen LogP contribution in [0, 0.1) is 0 Å². The minimum Gasteiger partial charge on any atom is -0.494 e. The molecule has 1 fully saturated rings. The van der Waals surface area contributed by atoms with Crippen molar-refractivity contribution in [2.24, 2.45) is 0 Å². The standard InChI is InChI=1S/C23H29N3O4/c1-2-30-20-10-8-19(9-11-20)23(28)24-16-22(27)25-21(18-6-4-3-5-7-18)17-26-12-14-29-15-13-26/h3-11,21H,2,12-17H2,1H3,(H,24,28)(H,25,27)/t21-/m0/s1. The number of hydrogen-bond donors (Lipinski definition) is 2. The lowest BCUT2D eigenvalue weighted by Gasteiger charge is -2.31. The number of hydrogen-bond acceptors (Lipinski definition) is 5. The molecule has 0 unspecified atom stereocenters. The predicted molar refractivity (Wildman–Crippen MR) is 115 cm³/mol. The first-order valence-electron chi connectivity index (χ1n) is 10.3. The summed E-state index contributed by atoms with van der Waals surface area (Å²) >= 11 is 0. The third kappa shape index (κ3) is 6.57. The van der Waals surface area contributed by atoms with Gasteiger partial charge in [-0.1, -0.05) is 30.3 Å². The van der Waals surface area contributed by atoms with Crippen molar-refractivity contribution in [2.45, 2.75) is 13.0 Å². The van der Waals surface area contributed by atoms with E-state index >= 15 is 0 Å². The summed E-state index contributed by atoms with van der Waals surface area (Å²) in [5.74, 6) is 0.189. The molecule has 0 aromatic heterocycles. The molecule has 7 nitrogen and oxygen atoms in total.